The summed E-state index contributed by atoms with van der Waals surface area (Å²) in [5, 5.41) is 0. The van der Waals surface area contributed by atoms with E-state index in [0.29, 0.717) is 6.04 Å². The van der Waals surface area contributed by atoms with E-state index in [4.69, 9.17) is 9.15 Å². The van der Waals surface area contributed by atoms with E-state index in [1.807, 2.05) is 12.3 Å². The zero-order valence-electron chi connectivity index (χ0n) is 12.5. The third-order valence-electron chi connectivity index (χ3n) is 4.49. The Hall–Kier alpha value is -1.92. The van der Waals surface area contributed by atoms with E-state index < -0.39 is 0 Å². The Morgan fingerprint density at radius 2 is 2.14 bits per heavy atom. The predicted molar refractivity (Wildman–Crippen MR) is 80.4 cm³/mol. The topological polar surface area (TPSA) is 54.6 Å². The molecule has 2 saturated heterocycles. The zero-order chi connectivity index (χ0) is 14.8. The number of fused-ring (bicyclic) bond motifs is 1. The Morgan fingerprint density at radius 1 is 1.23 bits per heavy atom. The molecule has 22 heavy (non-hydrogen) atoms. The number of piperazine rings is 1. The SMILES string of the molecule is c1ncc(O[C@@H]2C[C@@H]3CN(Cc4ccoc4)CCN3C2)cn1. The summed E-state index contributed by atoms with van der Waals surface area (Å²) in [5.41, 5.74) is 1.25. The van der Waals surface area contributed by atoms with Gasteiger partial charge in [-0.1, -0.05) is 0 Å². The van der Waals surface area contributed by atoms with Crippen LogP contribution in [0.4, 0.5) is 0 Å². The molecule has 2 aliphatic rings. The molecular weight excluding hydrogens is 280 g/mol. The smallest absolute Gasteiger partial charge is 0.156 e. The summed E-state index contributed by atoms with van der Waals surface area (Å²) in [4.78, 5) is 13.1. The number of ether oxygens (including phenoxy) is 1. The fourth-order valence-corrected chi connectivity index (χ4v) is 3.47. The Balaban J connectivity index is 1.33. The lowest BCUT2D eigenvalue weighted by Gasteiger charge is -2.36. The van der Waals surface area contributed by atoms with E-state index in [0.717, 1.165) is 44.9 Å². The molecule has 0 amide bonds. The summed E-state index contributed by atoms with van der Waals surface area (Å²) in [5.74, 6) is 0.766. The van der Waals surface area contributed by atoms with Crippen LogP contribution >= 0.6 is 0 Å². The van der Waals surface area contributed by atoms with Crippen LogP contribution in [0.1, 0.15) is 12.0 Å². The molecule has 0 unspecified atom stereocenters. The van der Waals surface area contributed by atoms with Gasteiger partial charge in [0.25, 0.3) is 0 Å². The molecule has 0 radical (unpaired) electrons. The summed E-state index contributed by atoms with van der Waals surface area (Å²) >= 11 is 0. The lowest BCUT2D eigenvalue weighted by Crippen LogP contribution is -2.49. The van der Waals surface area contributed by atoms with Gasteiger partial charge in [-0.3, -0.25) is 9.80 Å². The van der Waals surface area contributed by atoms with Crippen molar-refractivity contribution < 1.29 is 9.15 Å². The molecule has 0 bridgehead atoms. The van der Waals surface area contributed by atoms with Crippen LogP contribution in [0.15, 0.2) is 41.7 Å². The Labute approximate surface area is 129 Å². The van der Waals surface area contributed by atoms with Crippen LogP contribution in [-0.4, -0.2) is 58.1 Å². The van der Waals surface area contributed by atoms with Crippen LogP contribution in [0.5, 0.6) is 5.75 Å². The van der Waals surface area contributed by atoms with Crippen LogP contribution in [0.2, 0.25) is 0 Å². The van der Waals surface area contributed by atoms with E-state index in [-0.39, 0.29) is 6.10 Å². The summed E-state index contributed by atoms with van der Waals surface area (Å²) < 4.78 is 11.2. The normalized spacial score (nSPS) is 26.0. The van der Waals surface area contributed by atoms with Gasteiger partial charge in [0.2, 0.25) is 0 Å². The average Bonchev–Trinajstić information content (AvgIpc) is 3.17. The van der Waals surface area contributed by atoms with Gasteiger partial charge in [0.05, 0.1) is 24.9 Å². The van der Waals surface area contributed by atoms with E-state index in [2.05, 4.69) is 19.8 Å². The number of nitrogens with zero attached hydrogens (tertiary/aromatic N) is 4. The van der Waals surface area contributed by atoms with Gasteiger partial charge in [0.15, 0.2) is 5.75 Å². The molecule has 2 aromatic heterocycles. The van der Waals surface area contributed by atoms with Gasteiger partial charge in [-0.05, 0) is 6.07 Å². The second-order valence-corrected chi connectivity index (χ2v) is 6.07. The maximum atomic E-state index is 6.01. The van der Waals surface area contributed by atoms with Crippen molar-refractivity contribution >= 4 is 0 Å². The third kappa shape index (κ3) is 2.98. The van der Waals surface area contributed by atoms with Crippen molar-refractivity contribution in [1.82, 2.24) is 19.8 Å². The number of hydrogen-bond acceptors (Lipinski definition) is 6. The van der Waals surface area contributed by atoms with Gasteiger partial charge in [-0.2, -0.15) is 0 Å². The Bertz CT molecular complexity index is 589. The Morgan fingerprint density at radius 3 is 2.95 bits per heavy atom. The van der Waals surface area contributed by atoms with Gasteiger partial charge < -0.3 is 9.15 Å². The fourth-order valence-electron chi connectivity index (χ4n) is 3.47. The van der Waals surface area contributed by atoms with E-state index in [9.17, 15) is 0 Å². The molecule has 0 aromatic carbocycles. The van der Waals surface area contributed by atoms with E-state index in [1.165, 1.54) is 11.9 Å². The fraction of sp³-hybridized carbons (Fsp3) is 0.500. The predicted octanol–water partition coefficient (Wildman–Crippen LogP) is 1.41. The Kier molecular flexibility index (Phi) is 3.78. The van der Waals surface area contributed by atoms with Gasteiger partial charge in [-0.25, -0.2) is 9.97 Å². The second-order valence-electron chi connectivity index (χ2n) is 6.07. The molecule has 6 nitrogen and oxygen atoms in total. The lowest BCUT2D eigenvalue weighted by atomic mass is 10.1. The first-order valence-electron chi connectivity index (χ1n) is 7.76. The third-order valence-corrected chi connectivity index (χ3v) is 4.49. The second kappa shape index (κ2) is 6.06. The molecule has 2 aromatic rings. The molecule has 0 spiro atoms. The molecule has 2 fully saturated rings. The highest BCUT2D eigenvalue weighted by atomic mass is 16.5. The van der Waals surface area contributed by atoms with Crippen molar-refractivity contribution in [2.45, 2.75) is 25.1 Å². The van der Waals surface area contributed by atoms with Crippen LogP contribution < -0.4 is 4.74 Å². The first-order chi connectivity index (χ1) is 10.9. The summed E-state index contributed by atoms with van der Waals surface area (Å²) in [6.45, 7) is 5.27. The van der Waals surface area contributed by atoms with Crippen LogP contribution in [0.3, 0.4) is 0 Å². The number of rotatable bonds is 4. The highest BCUT2D eigenvalue weighted by Gasteiger charge is 2.37. The highest BCUT2D eigenvalue weighted by Crippen LogP contribution is 2.26. The van der Waals surface area contributed by atoms with Gasteiger partial charge in [0, 0.05) is 50.7 Å². The van der Waals surface area contributed by atoms with Gasteiger partial charge in [-0.15, -0.1) is 0 Å². The molecule has 116 valence electrons. The van der Waals surface area contributed by atoms with Crippen molar-refractivity contribution in [3.8, 4) is 5.75 Å². The van der Waals surface area contributed by atoms with Crippen LogP contribution in [0.25, 0.3) is 0 Å². The molecule has 0 N–H and O–H groups in total. The van der Waals surface area contributed by atoms with Crippen molar-refractivity contribution in [3.63, 3.8) is 0 Å². The average molecular weight is 300 g/mol. The minimum Gasteiger partial charge on any atom is -0.486 e. The molecule has 0 aliphatic carbocycles. The quantitative estimate of drug-likeness (QED) is 0.851. The lowest BCUT2D eigenvalue weighted by molar-refractivity contribution is 0.0977. The first-order valence-corrected chi connectivity index (χ1v) is 7.76. The van der Waals surface area contributed by atoms with Crippen LogP contribution in [0, 0.1) is 0 Å². The molecule has 0 saturated carbocycles. The van der Waals surface area contributed by atoms with E-state index in [1.54, 1.807) is 18.7 Å². The van der Waals surface area contributed by atoms with Crippen LogP contribution in [-0.2, 0) is 6.54 Å². The highest BCUT2D eigenvalue weighted by molar-refractivity contribution is 5.11. The number of hydrogen-bond donors (Lipinski definition) is 0. The first kappa shape index (κ1) is 13.7. The molecule has 6 heteroatoms. The van der Waals surface area contributed by atoms with Gasteiger partial charge >= 0.3 is 0 Å². The number of aromatic nitrogens is 2. The molecule has 2 aliphatic heterocycles. The monoisotopic (exact) mass is 300 g/mol. The zero-order valence-corrected chi connectivity index (χ0v) is 12.5. The minimum absolute atomic E-state index is 0.241. The molecule has 4 heterocycles. The standard InChI is InChI=1S/C16H20N4O2/c1-4-21-11-13(1)8-19-2-3-20-10-15(5-14(20)9-19)22-16-6-17-12-18-7-16/h1,4,6-7,11-12,14-15H,2-3,5,8-10H2/t14-,15-/m1/s1. The van der Waals surface area contributed by atoms with Crippen molar-refractivity contribution in [2.75, 3.05) is 26.2 Å². The van der Waals surface area contributed by atoms with E-state index >= 15 is 0 Å². The largest absolute Gasteiger partial charge is 0.486 e. The maximum Gasteiger partial charge on any atom is 0.156 e. The summed E-state index contributed by atoms with van der Waals surface area (Å²) in [6.07, 6.45) is 9.88. The van der Waals surface area contributed by atoms with Crippen molar-refractivity contribution in [2.24, 2.45) is 0 Å². The molecular formula is C16H20N4O2. The molecule has 4 rings (SSSR count). The van der Waals surface area contributed by atoms with Gasteiger partial charge in [0.1, 0.15) is 12.4 Å². The van der Waals surface area contributed by atoms with Crippen molar-refractivity contribution in [3.05, 3.63) is 42.9 Å². The maximum absolute atomic E-state index is 6.01. The molecule has 2 atom stereocenters. The number of furan rings is 1. The summed E-state index contributed by atoms with van der Waals surface area (Å²) in [6, 6.07) is 2.62. The van der Waals surface area contributed by atoms with Crippen molar-refractivity contribution in [1.29, 1.82) is 0 Å². The minimum atomic E-state index is 0.241. The summed E-state index contributed by atoms with van der Waals surface area (Å²) in [7, 11) is 0.